The Balaban J connectivity index is 3.26. The van der Waals surface area contributed by atoms with Crippen molar-refractivity contribution in [2.75, 3.05) is 0 Å². The molecule has 0 radical (unpaired) electrons. The lowest BCUT2D eigenvalue weighted by Crippen LogP contribution is -1.91. The van der Waals surface area contributed by atoms with Crippen LogP contribution in [0.4, 0.5) is 0 Å². The molecule has 0 aromatic heterocycles. The summed E-state index contributed by atoms with van der Waals surface area (Å²) in [7, 11) is 0. The molecule has 0 aliphatic heterocycles. The molecule has 1 heteroatoms. The molecule has 0 bridgehead atoms. The Morgan fingerprint density at radius 3 is 2.77 bits per heavy atom. The first-order valence-corrected chi connectivity index (χ1v) is 4.14. The lowest BCUT2D eigenvalue weighted by molar-refractivity contribution is 1.33. The van der Waals surface area contributed by atoms with Crippen LogP contribution in [0, 0.1) is 19.3 Å². The Morgan fingerprint density at radius 2 is 2.23 bits per heavy atom. The smallest absolute Gasteiger partial charge is 0.0315 e. The van der Waals surface area contributed by atoms with Crippen molar-refractivity contribution < 1.29 is 0 Å². The Hall–Kier alpha value is -1.68. The zero-order valence-corrected chi connectivity index (χ0v) is 7.96. The zero-order chi connectivity index (χ0) is 9.84. The van der Waals surface area contributed by atoms with Crippen LogP contribution in [0.3, 0.4) is 0 Å². The van der Waals surface area contributed by atoms with Gasteiger partial charge in [0.2, 0.25) is 0 Å². The van der Waals surface area contributed by atoms with E-state index in [1.807, 2.05) is 38.1 Å². The second kappa shape index (κ2) is 3.82. The molecule has 13 heavy (non-hydrogen) atoms. The minimum absolute atomic E-state index is 0.766. The van der Waals surface area contributed by atoms with Crippen molar-refractivity contribution in [3.63, 3.8) is 0 Å². The standard InChI is InChI=1S/C12H13N/c1-4-11-6-5-9(2)7-12(11)8-10(3)13/h1,5-8H,13H2,2-3H3/b10-8+. The molecule has 1 aromatic carbocycles. The van der Waals surface area contributed by atoms with Crippen molar-refractivity contribution in [1.29, 1.82) is 0 Å². The van der Waals surface area contributed by atoms with E-state index in [4.69, 9.17) is 12.2 Å². The van der Waals surface area contributed by atoms with Crippen molar-refractivity contribution in [2.45, 2.75) is 13.8 Å². The molecule has 1 rings (SSSR count). The van der Waals surface area contributed by atoms with Crippen LogP contribution in [0.2, 0.25) is 0 Å². The summed E-state index contributed by atoms with van der Waals surface area (Å²) in [5, 5.41) is 0. The first-order chi connectivity index (χ1) is 6.13. The van der Waals surface area contributed by atoms with Crippen LogP contribution in [0.5, 0.6) is 0 Å². The molecular formula is C12H13N. The van der Waals surface area contributed by atoms with Crippen LogP contribution in [0.1, 0.15) is 23.6 Å². The number of rotatable bonds is 1. The fourth-order valence-electron chi connectivity index (χ4n) is 1.18. The molecule has 0 unspecified atom stereocenters. The number of terminal acetylenes is 1. The SMILES string of the molecule is C#Cc1ccc(C)cc1/C=C(\C)N. The highest BCUT2D eigenvalue weighted by Gasteiger charge is 1.96. The predicted octanol–water partition coefficient (Wildman–Crippen LogP) is 2.30. The monoisotopic (exact) mass is 171 g/mol. The number of nitrogens with two attached hydrogens (primary N) is 1. The Kier molecular flexibility index (Phi) is 2.76. The van der Waals surface area contributed by atoms with Gasteiger partial charge in [-0.25, -0.2) is 0 Å². The van der Waals surface area contributed by atoms with E-state index >= 15 is 0 Å². The van der Waals surface area contributed by atoms with Crippen LogP contribution >= 0.6 is 0 Å². The van der Waals surface area contributed by atoms with E-state index < -0.39 is 0 Å². The van der Waals surface area contributed by atoms with Gasteiger partial charge >= 0.3 is 0 Å². The Bertz CT molecular complexity index is 377. The fourth-order valence-corrected chi connectivity index (χ4v) is 1.18. The first kappa shape index (κ1) is 9.41. The highest BCUT2D eigenvalue weighted by Crippen LogP contribution is 2.13. The summed E-state index contributed by atoms with van der Waals surface area (Å²) in [5.74, 6) is 2.63. The highest BCUT2D eigenvalue weighted by atomic mass is 14.5. The van der Waals surface area contributed by atoms with Gasteiger partial charge in [-0.05, 0) is 31.6 Å². The van der Waals surface area contributed by atoms with E-state index in [1.54, 1.807) is 0 Å². The maximum absolute atomic E-state index is 5.59. The Morgan fingerprint density at radius 1 is 1.54 bits per heavy atom. The topological polar surface area (TPSA) is 26.0 Å². The Labute approximate surface area is 79.3 Å². The molecular weight excluding hydrogens is 158 g/mol. The second-order valence-electron chi connectivity index (χ2n) is 3.12. The molecule has 0 aliphatic rings. The van der Waals surface area contributed by atoms with Crippen molar-refractivity contribution in [1.82, 2.24) is 0 Å². The van der Waals surface area contributed by atoms with Crippen molar-refractivity contribution >= 4 is 6.08 Å². The average Bonchev–Trinajstić information content (AvgIpc) is 2.03. The van der Waals surface area contributed by atoms with E-state index in [2.05, 4.69) is 5.92 Å². The van der Waals surface area contributed by atoms with Crippen LogP contribution in [0.15, 0.2) is 23.9 Å². The van der Waals surface area contributed by atoms with Crippen LogP contribution in [-0.2, 0) is 0 Å². The molecule has 0 heterocycles. The molecule has 0 spiro atoms. The fraction of sp³-hybridized carbons (Fsp3) is 0.167. The van der Waals surface area contributed by atoms with Crippen LogP contribution in [-0.4, -0.2) is 0 Å². The maximum Gasteiger partial charge on any atom is 0.0315 e. The van der Waals surface area contributed by atoms with Gasteiger partial charge in [-0.15, -0.1) is 6.42 Å². The molecule has 2 N–H and O–H groups in total. The van der Waals surface area contributed by atoms with Gasteiger partial charge in [-0.1, -0.05) is 23.6 Å². The molecule has 0 fully saturated rings. The molecule has 0 saturated carbocycles. The molecule has 0 saturated heterocycles. The van der Waals surface area contributed by atoms with Crippen molar-refractivity contribution in [3.8, 4) is 12.3 Å². The third-order valence-electron chi connectivity index (χ3n) is 1.75. The summed E-state index contributed by atoms with van der Waals surface area (Å²) < 4.78 is 0. The van der Waals surface area contributed by atoms with Gasteiger partial charge in [0.1, 0.15) is 0 Å². The van der Waals surface area contributed by atoms with Gasteiger partial charge in [-0.2, -0.15) is 0 Å². The lowest BCUT2D eigenvalue weighted by atomic mass is 10.0. The number of benzene rings is 1. The molecule has 0 aliphatic carbocycles. The quantitative estimate of drug-likeness (QED) is 0.645. The van der Waals surface area contributed by atoms with Crippen LogP contribution in [0.25, 0.3) is 6.08 Å². The summed E-state index contributed by atoms with van der Waals surface area (Å²) in [4.78, 5) is 0. The van der Waals surface area contributed by atoms with Gasteiger partial charge in [0.05, 0.1) is 0 Å². The average molecular weight is 171 g/mol. The number of hydrogen-bond acceptors (Lipinski definition) is 1. The van der Waals surface area contributed by atoms with Gasteiger partial charge < -0.3 is 5.73 Å². The summed E-state index contributed by atoms with van der Waals surface area (Å²) in [6.45, 7) is 3.88. The molecule has 0 atom stereocenters. The van der Waals surface area contributed by atoms with E-state index in [-0.39, 0.29) is 0 Å². The lowest BCUT2D eigenvalue weighted by Gasteiger charge is -2.01. The van der Waals surface area contributed by atoms with Gasteiger partial charge in [0.25, 0.3) is 0 Å². The number of hydrogen-bond donors (Lipinski definition) is 1. The third-order valence-corrected chi connectivity index (χ3v) is 1.75. The minimum Gasteiger partial charge on any atom is -0.402 e. The molecule has 0 amide bonds. The highest BCUT2D eigenvalue weighted by molar-refractivity contribution is 5.61. The molecule has 1 nitrogen and oxygen atoms in total. The number of allylic oxidation sites excluding steroid dienone is 1. The van der Waals surface area contributed by atoms with Gasteiger partial charge in [0.15, 0.2) is 0 Å². The summed E-state index contributed by atoms with van der Waals surface area (Å²) >= 11 is 0. The van der Waals surface area contributed by atoms with Crippen molar-refractivity contribution in [3.05, 3.63) is 40.6 Å². The summed E-state index contributed by atoms with van der Waals surface area (Å²) in [6.07, 6.45) is 7.25. The van der Waals surface area contributed by atoms with E-state index in [9.17, 15) is 0 Å². The first-order valence-electron chi connectivity index (χ1n) is 4.14. The zero-order valence-electron chi connectivity index (χ0n) is 7.96. The van der Waals surface area contributed by atoms with Crippen molar-refractivity contribution in [2.24, 2.45) is 5.73 Å². The van der Waals surface area contributed by atoms with Gasteiger partial charge in [0, 0.05) is 11.3 Å². The van der Waals surface area contributed by atoms with E-state index in [0.29, 0.717) is 0 Å². The van der Waals surface area contributed by atoms with E-state index in [1.165, 1.54) is 5.56 Å². The van der Waals surface area contributed by atoms with Crippen LogP contribution < -0.4 is 5.73 Å². The number of aryl methyl sites for hydroxylation is 1. The minimum atomic E-state index is 0.766. The molecule has 1 aromatic rings. The largest absolute Gasteiger partial charge is 0.402 e. The summed E-state index contributed by atoms with van der Waals surface area (Å²) in [6, 6.07) is 5.97. The molecule has 66 valence electrons. The van der Waals surface area contributed by atoms with E-state index in [0.717, 1.165) is 16.8 Å². The second-order valence-corrected chi connectivity index (χ2v) is 3.12. The predicted molar refractivity (Wildman–Crippen MR) is 57.0 cm³/mol. The van der Waals surface area contributed by atoms with Gasteiger partial charge in [-0.3, -0.25) is 0 Å². The summed E-state index contributed by atoms with van der Waals surface area (Å²) in [5.41, 5.74) is 9.44. The third kappa shape index (κ3) is 2.38. The maximum atomic E-state index is 5.59. The normalized spacial score (nSPS) is 11.0.